The Labute approximate surface area is 265 Å². The number of hydrogen-bond donors (Lipinski definition) is 3. The summed E-state index contributed by atoms with van der Waals surface area (Å²) in [5.41, 5.74) is 2.76. The Bertz CT molecular complexity index is 1460. The van der Waals surface area contributed by atoms with Crippen molar-refractivity contribution < 1.29 is 33.3 Å². The quantitative estimate of drug-likeness (QED) is 0.276. The zero-order chi connectivity index (χ0) is 33.4. The van der Waals surface area contributed by atoms with E-state index in [1.807, 2.05) is 33.8 Å². The minimum absolute atomic E-state index is 0.0990. The molecule has 0 spiro atoms. The highest BCUT2D eigenvalue weighted by Crippen LogP contribution is 2.50. The Morgan fingerprint density at radius 1 is 0.889 bits per heavy atom. The Morgan fingerprint density at radius 3 is 2.09 bits per heavy atom. The lowest BCUT2D eigenvalue weighted by atomic mass is 9.95. The zero-order valence-electron chi connectivity index (χ0n) is 27.8. The van der Waals surface area contributed by atoms with Crippen LogP contribution in [0.15, 0.2) is 29.1 Å². The highest BCUT2D eigenvalue weighted by atomic mass is 16.5. The third-order valence-corrected chi connectivity index (χ3v) is 7.78. The van der Waals surface area contributed by atoms with E-state index in [2.05, 4.69) is 16.0 Å². The van der Waals surface area contributed by atoms with Crippen molar-refractivity contribution in [2.24, 2.45) is 11.8 Å². The molecule has 0 saturated carbocycles. The topological polar surface area (TPSA) is 141 Å². The summed E-state index contributed by atoms with van der Waals surface area (Å²) >= 11 is 0. The minimum atomic E-state index is -0.817. The summed E-state index contributed by atoms with van der Waals surface area (Å²) < 4.78 is 22.0. The molecule has 11 heteroatoms. The van der Waals surface area contributed by atoms with Gasteiger partial charge in [-0.05, 0) is 72.4 Å². The van der Waals surface area contributed by atoms with Gasteiger partial charge in [0, 0.05) is 12.5 Å². The molecule has 0 unspecified atom stereocenters. The molecule has 2 amide bonds. The summed E-state index contributed by atoms with van der Waals surface area (Å²) in [5.74, 6) is 0.429. The molecule has 0 radical (unpaired) electrons. The second-order valence-corrected chi connectivity index (χ2v) is 12.1. The van der Waals surface area contributed by atoms with Crippen molar-refractivity contribution in [1.82, 2.24) is 10.6 Å². The van der Waals surface area contributed by atoms with Gasteiger partial charge in [0.2, 0.25) is 23.0 Å². The van der Waals surface area contributed by atoms with Crippen LogP contribution in [0.3, 0.4) is 0 Å². The van der Waals surface area contributed by atoms with E-state index in [-0.39, 0.29) is 28.9 Å². The average Bonchev–Trinajstić information content (AvgIpc) is 3.22. The van der Waals surface area contributed by atoms with Crippen LogP contribution < -0.4 is 35.6 Å². The summed E-state index contributed by atoms with van der Waals surface area (Å²) in [5, 5.41) is 8.99. The molecule has 1 aliphatic carbocycles. The second kappa shape index (κ2) is 15.6. The van der Waals surface area contributed by atoms with E-state index < -0.39 is 30.0 Å². The first-order valence-electron chi connectivity index (χ1n) is 15.3. The van der Waals surface area contributed by atoms with E-state index in [4.69, 9.17) is 18.9 Å². The van der Waals surface area contributed by atoms with E-state index in [9.17, 15) is 19.2 Å². The predicted molar refractivity (Wildman–Crippen MR) is 173 cm³/mol. The van der Waals surface area contributed by atoms with Gasteiger partial charge in [-0.25, -0.2) is 4.79 Å². The van der Waals surface area contributed by atoms with E-state index in [1.54, 1.807) is 26.4 Å². The number of hydrogen-bond acceptors (Lipinski definition) is 9. The summed E-state index contributed by atoms with van der Waals surface area (Å²) in [6, 6.07) is 4.74. The molecule has 0 aliphatic heterocycles. The number of methoxy groups -OCH3 is 4. The number of benzene rings is 1. The summed E-state index contributed by atoms with van der Waals surface area (Å²) in [6.07, 6.45) is 1.91. The maximum Gasteiger partial charge on any atom is 0.328 e. The third kappa shape index (κ3) is 8.46. The first-order valence-corrected chi connectivity index (χ1v) is 15.3. The number of carbonyl (C=O) groups excluding carboxylic acids is 3. The van der Waals surface area contributed by atoms with Gasteiger partial charge in [-0.15, -0.1) is 0 Å². The van der Waals surface area contributed by atoms with Crippen molar-refractivity contribution in [3.63, 3.8) is 0 Å². The number of amides is 2. The summed E-state index contributed by atoms with van der Waals surface area (Å²) in [6.45, 7) is 9.30. The van der Waals surface area contributed by atoms with Crippen LogP contribution in [0.25, 0.3) is 11.1 Å². The third-order valence-electron chi connectivity index (χ3n) is 7.78. The Kier molecular flexibility index (Phi) is 12.2. The van der Waals surface area contributed by atoms with Crippen LogP contribution in [-0.2, 0) is 25.5 Å². The predicted octanol–water partition coefficient (Wildman–Crippen LogP) is 4.39. The fraction of sp³-hybridized carbons (Fsp3) is 0.529. The molecular formula is C34H47N3O8. The molecule has 11 nitrogen and oxygen atoms in total. The van der Waals surface area contributed by atoms with E-state index in [0.29, 0.717) is 54.1 Å². The first kappa shape index (κ1) is 35.2. The van der Waals surface area contributed by atoms with Crippen molar-refractivity contribution in [2.45, 2.75) is 78.4 Å². The van der Waals surface area contributed by atoms with Gasteiger partial charge in [-0.1, -0.05) is 33.8 Å². The molecule has 2 aromatic rings. The average molecular weight is 626 g/mol. The Morgan fingerprint density at radius 2 is 1.53 bits per heavy atom. The van der Waals surface area contributed by atoms with Gasteiger partial charge in [0.05, 0.1) is 40.2 Å². The van der Waals surface area contributed by atoms with E-state index >= 15 is 0 Å². The normalized spacial score (nSPS) is 15.1. The molecule has 0 saturated heterocycles. The number of nitrogens with one attached hydrogen (secondary N) is 3. The molecule has 3 N–H and O–H groups in total. The molecule has 246 valence electrons. The van der Waals surface area contributed by atoms with Crippen LogP contribution in [0.5, 0.6) is 17.2 Å². The molecular weight excluding hydrogens is 578 g/mol. The molecule has 0 aromatic heterocycles. The molecule has 0 heterocycles. The Hall–Kier alpha value is -4.28. The van der Waals surface area contributed by atoms with Crippen LogP contribution in [0.4, 0.5) is 5.69 Å². The lowest BCUT2D eigenvalue weighted by Crippen LogP contribution is -2.49. The molecule has 1 aliphatic rings. The van der Waals surface area contributed by atoms with Crippen molar-refractivity contribution in [3.05, 3.63) is 45.6 Å². The van der Waals surface area contributed by atoms with Crippen LogP contribution in [-0.4, -0.2) is 58.3 Å². The van der Waals surface area contributed by atoms with Crippen molar-refractivity contribution in [3.8, 4) is 28.4 Å². The highest BCUT2D eigenvalue weighted by Gasteiger charge is 2.31. The maximum absolute atomic E-state index is 13.8. The standard InChI is InChI=1S/C34H47N3O8/c1-18(2)14-26(33(40)37-27(15-19(3)4)34(41)45-9)36-25-13-11-22-23(17-28(25)39)24(35-20(5)38)12-10-21-16-29(42-6)31(43-7)32(44-8)30(21)22/h11,13,16-19,24,26-27H,10,12,14-15H2,1-9H3,(H,35,38)(H,36,39)(H,37,40)/t24-,26-,27-/m1/s1. The van der Waals surface area contributed by atoms with Crippen molar-refractivity contribution >= 4 is 23.5 Å². The highest BCUT2D eigenvalue weighted by molar-refractivity contribution is 5.89. The molecule has 45 heavy (non-hydrogen) atoms. The first-order chi connectivity index (χ1) is 21.3. The summed E-state index contributed by atoms with van der Waals surface area (Å²) in [7, 11) is 5.91. The SMILES string of the molecule is COC(=O)[C@@H](CC(C)C)NC(=O)[C@@H](CC(C)C)Nc1ccc2c(cc1=O)[C@H](NC(C)=O)CCc1cc(OC)c(OC)c(OC)c1-2. The fourth-order valence-electron chi connectivity index (χ4n) is 5.82. The van der Waals surface area contributed by atoms with Gasteiger partial charge >= 0.3 is 5.97 Å². The lowest BCUT2D eigenvalue weighted by molar-refractivity contribution is -0.145. The van der Waals surface area contributed by atoms with Crippen LogP contribution >= 0.6 is 0 Å². The van der Waals surface area contributed by atoms with E-state index in [1.165, 1.54) is 27.2 Å². The van der Waals surface area contributed by atoms with Crippen LogP contribution in [0, 0.1) is 11.8 Å². The van der Waals surface area contributed by atoms with Gasteiger partial charge in [0.1, 0.15) is 12.1 Å². The number of carbonyl (C=O) groups is 3. The minimum Gasteiger partial charge on any atom is -0.493 e. The number of esters is 1. The fourth-order valence-corrected chi connectivity index (χ4v) is 5.82. The smallest absolute Gasteiger partial charge is 0.328 e. The van der Waals surface area contributed by atoms with Crippen LogP contribution in [0.1, 0.15) is 71.0 Å². The number of rotatable bonds is 13. The number of ether oxygens (including phenoxy) is 4. The number of aryl methyl sites for hydroxylation is 1. The van der Waals surface area contributed by atoms with Gasteiger partial charge < -0.3 is 34.9 Å². The Balaban J connectivity index is 2.18. The number of anilines is 1. The maximum atomic E-state index is 13.8. The van der Waals surface area contributed by atoms with Gasteiger partial charge in [0.15, 0.2) is 11.5 Å². The van der Waals surface area contributed by atoms with E-state index in [0.717, 1.165) is 11.1 Å². The van der Waals surface area contributed by atoms with Gasteiger partial charge in [-0.2, -0.15) is 0 Å². The van der Waals surface area contributed by atoms with Crippen molar-refractivity contribution in [1.29, 1.82) is 0 Å². The zero-order valence-corrected chi connectivity index (χ0v) is 27.8. The largest absolute Gasteiger partial charge is 0.493 e. The molecule has 0 fully saturated rings. The molecule has 0 bridgehead atoms. The molecule has 3 rings (SSSR count). The molecule has 3 atom stereocenters. The lowest BCUT2D eigenvalue weighted by Gasteiger charge is -2.24. The number of fused-ring (bicyclic) bond motifs is 3. The second-order valence-electron chi connectivity index (χ2n) is 12.1. The summed E-state index contributed by atoms with van der Waals surface area (Å²) in [4.78, 5) is 52.1. The van der Waals surface area contributed by atoms with Crippen LogP contribution in [0.2, 0.25) is 0 Å². The van der Waals surface area contributed by atoms with Crippen molar-refractivity contribution in [2.75, 3.05) is 33.8 Å². The molecule has 2 aromatic carbocycles. The van der Waals surface area contributed by atoms with Gasteiger partial charge in [-0.3, -0.25) is 14.4 Å². The van der Waals surface area contributed by atoms with Gasteiger partial charge in [0.25, 0.3) is 0 Å². The monoisotopic (exact) mass is 625 g/mol.